The Morgan fingerprint density at radius 3 is 2.67 bits per heavy atom. The predicted octanol–water partition coefficient (Wildman–Crippen LogP) is 0.831. The van der Waals surface area contributed by atoms with E-state index in [0.29, 0.717) is 16.5 Å². The van der Waals surface area contributed by atoms with Crippen molar-refractivity contribution in [3.63, 3.8) is 0 Å². The number of fused-ring (bicyclic) bond motifs is 3. The number of ether oxygens (including phenoxy) is 1. The molecule has 2 aromatic heterocycles. The summed E-state index contributed by atoms with van der Waals surface area (Å²) in [4.78, 5) is 15.0. The number of nitrogens with one attached hydrogen (secondary N) is 1. The molecule has 1 atom stereocenters. The molecule has 0 amide bonds. The van der Waals surface area contributed by atoms with Gasteiger partial charge in [0.2, 0.25) is 0 Å². The molecule has 4 aromatic rings. The topological polar surface area (TPSA) is 145 Å². The number of allylic oxidation sites excluding steroid dienone is 1. The molecular weight excluding hydrogens is 441 g/mol. The van der Waals surface area contributed by atoms with Crippen LogP contribution < -0.4 is 19.7 Å². The lowest BCUT2D eigenvalue weighted by Crippen LogP contribution is -2.58. The van der Waals surface area contributed by atoms with E-state index in [-0.39, 0.29) is 11.9 Å². The van der Waals surface area contributed by atoms with Gasteiger partial charge in [-0.05, 0) is 48.9 Å². The number of benzene rings is 2. The Morgan fingerprint density at radius 2 is 1.97 bits per heavy atom. The highest BCUT2D eigenvalue weighted by Gasteiger charge is 2.26. The highest BCUT2D eigenvalue weighted by atomic mass is 35.7. The summed E-state index contributed by atoms with van der Waals surface area (Å²) in [5, 5.41) is 0.592. The van der Waals surface area contributed by atoms with Crippen LogP contribution in [0.1, 0.15) is 29.0 Å². The third-order valence-corrected chi connectivity index (χ3v) is 5.50. The molecule has 30 heavy (non-hydrogen) atoms. The highest BCUT2D eigenvalue weighted by molar-refractivity contribution is 7.19. The van der Waals surface area contributed by atoms with Gasteiger partial charge in [-0.3, -0.25) is 4.98 Å². The normalized spacial score (nSPS) is 15.9. The summed E-state index contributed by atoms with van der Waals surface area (Å²) in [6.07, 6.45) is 1.56. The second-order valence-electron chi connectivity index (χ2n) is 6.44. The second kappa shape index (κ2) is 7.51. The Hall–Kier alpha value is -2.73. The number of halogens is 2. The van der Waals surface area contributed by atoms with E-state index in [4.69, 9.17) is 27.8 Å². The van der Waals surface area contributed by atoms with Gasteiger partial charge in [0.05, 0.1) is 31.1 Å². The zero-order valence-corrected chi connectivity index (χ0v) is 16.8. The van der Waals surface area contributed by atoms with Crippen LogP contribution in [0.3, 0.4) is 0 Å². The fourth-order valence-electron chi connectivity index (χ4n) is 3.27. The number of aromatic nitrogens is 1. The van der Waals surface area contributed by atoms with Gasteiger partial charge >= 0.3 is 5.76 Å². The SMILES string of the molecule is CC1=Cc2cc3[nH]c(=O)oc3cc2C(c2cc3c(F)cccc3s2)O1.[O-][Cl+3]([O-])([O-])O. The first-order valence-electron chi connectivity index (χ1n) is 8.41. The van der Waals surface area contributed by atoms with Gasteiger partial charge in [0.25, 0.3) is 0 Å². The summed E-state index contributed by atoms with van der Waals surface area (Å²) in [6.45, 7) is 1.88. The average molecular weight is 454 g/mol. The zero-order chi connectivity index (χ0) is 21.6. The maximum atomic E-state index is 14.1. The van der Waals surface area contributed by atoms with Gasteiger partial charge in [-0.25, -0.2) is 9.18 Å². The number of H-pyrrole nitrogens is 1. The summed E-state index contributed by atoms with van der Waals surface area (Å²) in [6, 6.07) is 10.6. The second-order valence-corrected chi connectivity index (χ2v) is 8.35. The smallest absolute Gasteiger partial charge is 0.417 e. The molecule has 5 rings (SSSR count). The van der Waals surface area contributed by atoms with Crippen molar-refractivity contribution < 1.29 is 42.4 Å². The maximum Gasteiger partial charge on any atom is 0.417 e. The van der Waals surface area contributed by atoms with Crippen LogP contribution in [0.4, 0.5) is 4.39 Å². The number of hydrogen-bond acceptors (Lipinski definition) is 8. The molecule has 2 aromatic carbocycles. The molecule has 3 heterocycles. The van der Waals surface area contributed by atoms with E-state index >= 15 is 0 Å². The van der Waals surface area contributed by atoms with Gasteiger partial charge in [-0.15, -0.1) is 11.3 Å². The Kier molecular flexibility index (Phi) is 5.14. The Labute approximate surface area is 173 Å². The van der Waals surface area contributed by atoms with Gasteiger partial charge < -0.3 is 9.15 Å². The number of aromatic amines is 1. The van der Waals surface area contributed by atoms with Gasteiger partial charge in [0.1, 0.15) is 5.82 Å². The predicted molar refractivity (Wildman–Crippen MR) is 97.4 cm³/mol. The third-order valence-electron chi connectivity index (χ3n) is 4.36. The Bertz CT molecular complexity index is 1330. The van der Waals surface area contributed by atoms with E-state index in [9.17, 15) is 9.18 Å². The van der Waals surface area contributed by atoms with Crippen LogP contribution >= 0.6 is 11.3 Å². The molecule has 2 N–H and O–H groups in total. The third kappa shape index (κ3) is 4.24. The first-order chi connectivity index (χ1) is 14.1. The van der Waals surface area contributed by atoms with E-state index in [0.717, 1.165) is 26.5 Å². The summed E-state index contributed by atoms with van der Waals surface area (Å²) in [5.74, 6) is 0.0375. The van der Waals surface area contributed by atoms with E-state index in [2.05, 4.69) is 4.98 Å². The van der Waals surface area contributed by atoms with Crippen molar-refractivity contribution >= 4 is 38.6 Å². The van der Waals surface area contributed by atoms with Crippen molar-refractivity contribution in [2.75, 3.05) is 0 Å². The van der Waals surface area contributed by atoms with Crippen LogP contribution in [0.5, 0.6) is 0 Å². The Morgan fingerprint density at radius 1 is 1.23 bits per heavy atom. The minimum atomic E-state index is -4.69. The van der Waals surface area contributed by atoms with Crippen molar-refractivity contribution in [3.05, 3.63) is 74.5 Å². The Balaban J connectivity index is 0.000000393. The van der Waals surface area contributed by atoms with Crippen LogP contribution in [0.15, 0.2) is 51.4 Å². The lowest BCUT2D eigenvalue weighted by Gasteiger charge is -2.25. The van der Waals surface area contributed by atoms with Crippen LogP contribution in [0.2, 0.25) is 0 Å². The average Bonchev–Trinajstić information content (AvgIpc) is 3.21. The molecule has 156 valence electrons. The van der Waals surface area contributed by atoms with Crippen molar-refractivity contribution in [2.45, 2.75) is 13.0 Å². The molecule has 1 aliphatic rings. The van der Waals surface area contributed by atoms with E-state index in [1.807, 2.05) is 37.3 Å². The summed E-state index contributed by atoms with van der Waals surface area (Å²) in [7, 11) is -4.69. The molecule has 0 bridgehead atoms. The summed E-state index contributed by atoms with van der Waals surface area (Å²) < 4.78 is 58.9. The highest BCUT2D eigenvalue weighted by Crippen LogP contribution is 2.42. The number of rotatable bonds is 1. The number of thiophene rings is 1. The van der Waals surface area contributed by atoms with Gasteiger partial charge in [0.15, 0.2) is 11.7 Å². The minimum absolute atomic E-state index is 0.240. The van der Waals surface area contributed by atoms with E-state index in [1.165, 1.54) is 17.4 Å². The number of oxazole rings is 1. The minimum Gasteiger partial charge on any atom is -0.485 e. The molecule has 0 saturated carbocycles. The fraction of sp³-hybridized carbons (Fsp3) is 0.105. The van der Waals surface area contributed by atoms with Crippen molar-refractivity contribution in [1.82, 2.24) is 4.98 Å². The summed E-state index contributed by atoms with van der Waals surface area (Å²) >= 11 is 1.50. The molecular formula is C19H13ClFNO7S. The quantitative estimate of drug-likeness (QED) is 0.434. The lowest BCUT2D eigenvalue weighted by molar-refractivity contribution is -1.92. The largest absolute Gasteiger partial charge is 0.485 e. The fourth-order valence-corrected chi connectivity index (χ4v) is 4.40. The van der Waals surface area contributed by atoms with E-state index in [1.54, 1.807) is 6.07 Å². The van der Waals surface area contributed by atoms with Crippen molar-refractivity contribution in [2.24, 2.45) is 0 Å². The molecule has 0 aliphatic carbocycles. The molecule has 0 saturated heterocycles. The van der Waals surface area contributed by atoms with Crippen LogP contribution in [0.25, 0.3) is 27.3 Å². The molecule has 0 fully saturated rings. The molecule has 1 unspecified atom stereocenters. The van der Waals surface area contributed by atoms with Gasteiger partial charge in [-0.1, -0.05) is 6.07 Å². The molecule has 8 nitrogen and oxygen atoms in total. The first kappa shape index (κ1) is 20.5. The van der Waals surface area contributed by atoms with Crippen LogP contribution in [-0.2, 0) is 4.74 Å². The van der Waals surface area contributed by atoms with Gasteiger partial charge in [-0.2, -0.15) is 14.0 Å². The monoisotopic (exact) mass is 453 g/mol. The molecule has 1 aliphatic heterocycles. The van der Waals surface area contributed by atoms with Gasteiger partial charge in [0, 0.05) is 15.6 Å². The number of hydrogen-bond donors (Lipinski definition) is 2. The molecule has 11 heteroatoms. The first-order valence-corrected chi connectivity index (χ1v) is 10.5. The molecule has 0 spiro atoms. The van der Waals surface area contributed by atoms with Crippen molar-refractivity contribution in [1.29, 1.82) is 0 Å². The van der Waals surface area contributed by atoms with Crippen molar-refractivity contribution in [3.8, 4) is 0 Å². The zero-order valence-electron chi connectivity index (χ0n) is 15.2. The van der Waals surface area contributed by atoms with Crippen LogP contribution in [-0.4, -0.2) is 9.64 Å². The lowest BCUT2D eigenvalue weighted by atomic mass is 9.97. The molecule has 0 radical (unpaired) electrons. The van der Waals surface area contributed by atoms with Crippen LogP contribution in [0, 0.1) is 16.1 Å². The maximum absolute atomic E-state index is 14.1. The summed E-state index contributed by atoms with van der Waals surface area (Å²) in [5.41, 5.74) is 2.98. The standard InChI is InChI=1S/C19H12FNO3S.ClHO4/c1-9-5-10-6-14-15(24-19(22)21-14)7-11(10)18(23-9)17-8-12-13(20)3-2-4-16(12)25-17;2-1(3,4)5/h2-8,18H,1H3,(H,21,22);(H,2,3,4,5). The van der Waals surface area contributed by atoms with E-state index < -0.39 is 16.0 Å².